The number of rotatable bonds is 4. The Bertz CT molecular complexity index is 696. The van der Waals surface area contributed by atoms with Crippen molar-refractivity contribution in [3.63, 3.8) is 0 Å². The van der Waals surface area contributed by atoms with Gasteiger partial charge in [0.2, 0.25) is 11.8 Å². The number of nitrogens with zero attached hydrogens (tertiary/aromatic N) is 2. The molecule has 1 aromatic rings. The Morgan fingerprint density at radius 1 is 1.04 bits per heavy atom. The average Bonchev–Trinajstić information content (AvgIpc) is 3.36. The highest BCUT2D eigenvalue weighted by molar-refractivity contribution is 5.89. The van der Waals surface area contributed by atoms with Crippen molar-refractivity contribution in [3.8, 4) is 0 Å². The summed E-state index contributed by atoms with van der Waals surface area (Å²) in [5.41, 5.74) is 7.07. The summed E-state index contributed by atoms with van der Waals surface area (Å²) in [4.78, 5) is 30.3. The second kappa shape index (κ2) is 8.21. The molecule has 0 spiro atoms. The Kier molecular flexibility index (Phi) is 5.69. The van der Waals surface area contributed by atoms with Gasteiger partial charge >= 0.3 is 0 Å². The first-order chi connectivity index (χ1) is 13.6. The summed E-state index contributed by atoms with van der Waals surface area (Å²) in [5.74, 6) is 0.403. The van der Waals surface area contributed by atoms with Crippen LogP contribution in [0.3, 0.4) is 0 Å². The highest BCUT2D eigenvalue weighted by atomic mass is 16.5. The van der Waals surface area contributed by atoms with Gasteiger partial charge in [0.1, 0.15) is 0 Å². The first-order valence-electron chi connectivity index (χ1n) is 10.5. The van der Waals surface area contributed by atoms with Crippen molar-refractivity contribution in [3.05, 3.63) is 35.9 Å². The molecule has 0 radical (unpaired) electrons. The van der Waals surface area contributed by atoms with Crippen LogP contribution in [0.5, 0.6) is 0 Å². The van der Waals surface area contributed by atoms with Crippen molar-refractivity contribution in [2.45, 2.75) is 44.1 Å². The molecule has 3 fully saturated rings. The average molecular weight is 386 g/mol. The lowest BCUT2D eigenvalue weighted by Crippen LogP contribution is -2.47. The third kappa shape index (κ3) is 3.80. The molecule has 2 heterocycles. The number of amides is 2. The van der Waals surface area contributed by atoms with Crippen molar-refractivity contribution < 1.29 is 14.3 Å². The Labute approximate surface area is 167 Å². The number of ether oxygens (including phenoxy) is 1. The van der Waals surface area contributed by atoms with Gasteiger partial charge in [-0.15, -0.1) is 0 Å². The van der Waals surface area contributed by atoms with Crippen molar-refractivity contribution in [1.82, 2.24) is 9.80 Å². The van der Waals surface area contributed by atoms with Crippen LogP contribution in [0.2, 0.25) is 0 Å². The van der Waals surface area contributed by atoms with Gasteiger partial charge in [-0.05, 0) is 18.4 Å². The van der Waals surface area contributed by atoms with Gasteiger partial charge in [-0.1, -0.05) is 43.2 Å². The minimum atomic E-state index is -0.541. The Hall–Kier alpha value is -1.92. The van der Waals surface area contributed by atoms with Crippen molar-refractivity contribution in [2.24, 2.45) is 11.1 Å². The number of hydrogen-bond donors (Lipinski definition) is 1. The van der Waals surface area contributed by atoms with Crippen molar-refractivity contribution >= 4 is 11.8 Å². The topological polar surface area (TPSA) is 75.9 Å². The molecule has 152 valence electrons. The first kappa shape index (κ1) is 19.4. The number of carbonyl (C=O) groups excluding carboxylic acids is 2. The van der Waals surface area contributed by atoms with E-state index in [9.17, 15) is 9.59 Å². The highest BCUT2D eigenvalue weighted by Crippen LogP contribution is 2.44. The molecule has 6 heteroatoms. The lowest BCUT2D eigenvalue weighted by Gasteiger charge is -2.35. The molecule has 2 saturated heterocycles. The summed E-state index contributed by atoms with van der Waals surface area (Å²) in [7, 11) is 0. The minimum absolute atomic E-state index is 0.0558. The number of nitrogens with two attached hydrogens (primary N) is 1. The molecule has 2 N–H and O–H groups in total. The van der Waals surface area contributed by atoms with Gasteiger partial charge in [0.05, 0.1) is 18.6 Å². The molecule has 2 atom stereocenters. The van der Waals surface area contributed by atoms with E-state index < -0.39 is 5.41 Å². The zero-order valence-electron chi connectivity index (χ0n) is 16.5. The maximum Gasteiger partial charge on any atom is 0.229 e. The molecule has 6 nitrogen and oxygen atoms in total. The standard InChI is InChI=1S/C22H31N3O3/c23-19-16-25(15-18(19)17-6-2-1-3-7-17)21(27)22(8-4-5-9-22)14-20(26)24-10-12-28-13-11-24/h1-3,6-7,18-19H,4-5,8-16,23H2/t18-,19+/m0/s1. The van der Waals surface area contributed by atoms with Gasteiger partial charge in [0, 0.05) is 44.6 Å². The van der Waals surface area contributed by atoms with E-state index in [0.29, 0.717) is 45.8 Å². The van der Waals surface area contributed by atoms with Crippen LogP contribution in [0.25, 0.3) is 0 Å². The fourth-order valence-corrected chi connectivity index (χ4v) is 5.12. The maximum atomic E-state index is 13.6. The molecule has 2 aliphatic heterocycles. The zero-order valence-corrected chi connectivity index (χ0v) is 16.5. The van der Waals surface area contributed by atoms with Crippen LogP contribution < -0.4 is 5.73 Å². The molecule has 28 heavy (non-hydrogen) atoms. The summed E-state index contributed by atoms with van der Waals surface area (Å²) in [6.45, 7) is 3.67. The van der Waals surface area contributed by atoms with Gasteiger partial charge < -0.3 is 20.3 Å². The molecule has 0 aromatic heterocycles. The normalized spacial score (nSPS) is 27.2. The monoisotopic (exact) mass is 385 g/mol. The van der Waals surface area contributed by atoms with Crippen molar-refractivity contribution in [1.29, 1.82) is 0 Å². The summed E-state index contributed by atoms with van der Waals surface area (Å²) < 4.78 is 5.36. The van der Waals surface area contributed by atoms with Gasteiger partial charge in [0.25, 0.3) is 0 Å². The molecule has 0 unspecified atom stereocenters. The quantitative estimate of drug-likeness (QED) is 0.857. The SMILES string of the molecule is N[C@@H]1CN(C(=O)C2(CC(=O)N3CCOCC3)CCCC2)C[C@H]1c1ccccc1. The van der Waals surface area contributed by atoms with E-state index >= 15 is 0 Å². The van der Waals surface area contributed by atoms with E-state index in [2.05, 4.69) is 12.1 Å². The fourth-order valence-electron chi connectivity index (χ4n) is 5.12. The van der Waals surface area contributed by atoms with E-state index in [0.717, 1.165) is 25.7 Å². The number of hydrogen-bond acceptors (Lipinski definition) is 4. The van der Waals surface area contributed by atoms with Gasteiger partial charge in [-0.2, -0.15) is 0 Å². The first-order valence-corrected chi connectivity index (χ1v) is 10.5. The summed E-state index contributed by atoms with van der Waals surface area (Å²) in [6.07, 6.45) is 3.98. The lowest BCUT2D eigenvalue weighted by molar-refractivity contribution is -0.148. The second-order valence-electron chi connectivity index (χ2n) is 8.55. The van der Waals surface area contributed by atoms with Crippen LogP contribution in [0.1, 0.15) is 43.6 Å². The van der Waals surface area contributed by atoms with Gasteiger partial charge in [0.15, 0.2) is 0 Å². The Balaban J connectivity index is 1.47. The number of morpholine rings is 1. The van der Waals surface area contributed by atoms with E-state index in [4.69, 9.17) is 10.5 Å². The largest absolute Gasteiger partial charge is 0.378 e. The van der Waals surface area contributed by atoms with E-state index in [-0.39, 0.29) is 23.8 Å². The number of benzene rings is 1. The fraction of sp³-hybridized carbons (Fsp3) is 0.636. The van der Waals surface area contributed by atoms with Crippen LogP contribution in [-0.4, -0.2) is 67.0 Å². The maximum absolute atomic E-state index is 13.6. The van der Waals surface area contributed by atoms with E-state index in [1.807, 2.05) is 28.0 Å². The minimum Gasteiger partial charge on any atom is -0.378 e. The van der Waals surface area contributed by atoms with E-state index in [1.165, 1.54) is 5.56 Å². The molecule has 1 aliphatic carbocycles. The second-order valence-corrected chi connectivity index (χ2v) is 8.55. The third-order valence-electron chi connectivity index (χ3n) is 6.75. The summed E-state index contributed by atoms with van der Waals surface area (Å²) in [5, 5.41) is 0. The van der Waals surface area contributed by atoms with Crippen LogP contribution >= 0.6 is 0 Å². The Morgan fingerprint density at radius 2 is 1.71 bits per heavy atom. The molecule has 4 rings (SSSR count). The molecular formula is C22H31N3O3. The van der Waals surface area contributed by atoms with Crippen LogP contribution in [-0.2, 0) is 14.3 Å². The van der Waals surface area contributed by atoms with Gasteiger partial charge in [-0.25, -0.2) is 0 Å². The Morgan fingerprint density at radius 3 is 2.39 bits per heavy atom. The number of likely N-dealkylation sites (tertiary alicyclic amines) is 1. The molecule has 0 bridgehead atoms. The number of carbonyl (C=O) groups is 2. The predicted octanol–water partition coefficient (Wildman–Crippen LogP) is 1.75. The zero-order chi connectivity index (χ0) is 19.6. The van der Waals surface area contributed by atoms with Crippen LogP contribution in [0, 0.1) is 5.41 Å². The van der Waals surface area contributed by atoms with E-state index in [1.54, 1.807) is 0 Å². The smallest absolute Gasteiger partial charge is 0.229 e. The molecular weight excluding hydrogens is 354 g/mol. The molecule has 3 aliphatic rings. The molecule has 2 amide bonds. The lowest BCUT2D eigenvalue weighted by atomic mass is 9.80. The molecule has 1 saturated carbocycles. The van der Waals surface area contributed by atoms with Crippen LogP contribution in [0.4, 0.5) is 0 Å². The summed E-state index contributed by atoms with van der Waals surface area (Å²) in [6, 6.07) is 10.2. The van der Waals surface area contributed by atoms with Gasteiger partial charge in [-0.3, -0.25) is 9.59 Å². The highest BCUT2D eigenvalue weighted by Gasteiger charge is 2.48. The third-order valence-corrected chi connectivity index (χ3v) is 6.75. The van der Waals surface area contributed by atoms with Crippen LogP contribution in [0.15, 0.2) is 30.3 Å². The molecule has 1 aromatic carbocycles. The summed E-state index contributed by atoms with van der Waals surface area (Å²) >= 11 is 0. The predicted molar refractivity (Wildman–Crippen MR) is 107 cm³/mol. The van der Waals surface area contributed by atoms with Crippen molar-refractivity contribution in [2.75, 3.05) is 39.4 Å².